The number of phenolic OH excluding ortho intramolecular Hbond substituents is 1. The predicted octanol–water partition coefficient (Wildman–Crippen LogP) is 2.81. The zero-order valence-corrected chi connectivity index (χ0v) is 16.5. The summed E-state index contributed by atoms with van der Waals surface area (Å²) in [7, 11) is 0. The molecule has 2 heterocycles. The Kier molecular flexibility index (Phi) is 5.34. The van der Waals surface area contributed by atoms with Crippen LogP contribution in [-0.2, 0) is 16.1 Å². The van der Waals surface area contributed by atoms with Crippen molar-refractivity contribution in [1.82, 2.24) is 0 Å². The van der Waals surface area contributed by atoms with Crippen LogP contribution < -0.4 is 19.5 Å². The molecule has 7 nitrogen and oxygen atoms in total. The van der Waals surface area contributed by atoms with Crippen molar-refractivity contribution in [2.24, 2.45) is 0 Å². The molecule has 1 unspecified atom stereocenters. The summed E-state index contributed by atoms with van der Waals surface area (Å²) in [6.07, 6.45) is 1.77. The van der Waals surface area contributed by atoms with Crippen LogP contribution in [0.1, 0.15) is 18.7 Å². The average Bonchev–Trinajstić information content (AvgIpc) is 2.75. The standard InChI is InChI=1S/C23H21N3O4/c1-2-30-17-12-10-16(11-13-17)24-23(29)22-19-8-5-6-14-25(19)15-21(28)26(22)18-7-3-4-9-20(18)27/h3-14,22H,2,15H2,1H3,(H-,24,27,29)/p+1. The molecular formula is C23H22N3O4+. The van der Waals surface area contributed by atoms with Gasteiger partial charge in [0.05, 0.1) is 12.3 Å². The number of nitrogens with zero attached hydrogens (tertiary/aromatic N) is 2. The Hall–Kier alpha value is -3.87. The minimum absolute atomic E-state index is 0.0610. The van der Waals surface area contributed by atoms with E-state index in [9.17, 15) is 14.7 Å². The van der Waals surface area contributed by atoms with Crippen LogP contribution in [0, 0.1) is 0 Å². The van der Waals surface area contributed by atoms with Gasteiger partial charge >= 0.3 is 0 Å². The Morgan fingerprint density at radius 1 is 1.13 bits per heavy atom. The Labute approximate surface area is 174 Å². The number of carbonyl (C=O) groups excluding carboxylic acids is 2. The highest BCUT2D eigenvalue weighted by atomic mass is 16.5. The molecule has 1 aliphatic heterocycles. The number of amides is 2. The lowest BCUT2D eigenvalue weighted by Crippen LogP contribution is -2.58. The van der Waals surface area contributed by atoms with Gasteiger partial charge in [-0.05, 0) is 43.3 Å². The quantitative estimate of drug-likeness (QED) is 0.641. The van der Waals surface area contributed by atoms with Crippen LogP contribution in [0.25, 0.3) is 0 Å². The summed E-state index contributed by atoms with van der Waals surface area (Å²) in [6.45, 7) is 2.54. The number of rotatable bonds is 5. The van der Waals surface area contributed by atoms with Gasteiger partial charge in [-0.15, -0.1) is 0 Å². The van der Waals surface area contributed by atoms with Crippen molar-refractivity contribution in [1.29, 1.82) is 0 Å². The fourth-order valence-corrected chi connectivity index (χ4v) is 3.58. The number of aromatic nitrogens is 1. The lowest BCUT2D eigenvalue weighted by Gasteiger charge is -2.32. The summed E-state index contributed by atoms with van der Waals surface area (Å²) in [5, 5.41) is 13.2. The number of para-hydroxylation sites is 2. The summed E-state index contributed by atoms with van der Waals surface area (Å²) in [6, 6.07) is 18.1. The van der Waals surface area contributed by atoms with Gasteiger partial charge in [-0.1, -0.05) is 18.2 Å². The van der Waals surface area contributed by atoms with Crippen molar-refractivity contribution in [3.8, 4) is 11.5 Å². The maximum Gasteiger partial charge on any atom is 0.294 e. The van der Waals surface area contributed by atoms with Gasteiger partial charge < -0.3 is 15.2 Å². The number of carbonyl (C=O) groups is 2. The number of hydrogen-bond donors (Lipinski definition) is 2. The maximum absolute atomic E-state index is 13.4. The SMILES string of the molecule is CCOc1ccc(NC(=O)C2c3cccc[n+]3CC(=O)N2c2ccccc2O)cc1. The Morgan fingerprint density at radius 2 is 1.87 bits per heavy atom. The fraction of sp³-hybridized carbons (Fsp3) is 0.174. The monoisotopic (exact) mass is 404 g/mol. The van der Waals surface area contributed by atoms with Crippen molar-refractivity contribution in [2.75, 3.05) is 16.8 Å². The van der Waals surface area contributed by atoms with E-state index in [4.69, 9.17) is 4.74 Å². The second kappa shape index (κ2) is 8.24. The van der Waals surface area contributed by atoms with Crippen molar-refractivity contribution in [3.05, 3.63) is 78.6 Å². The number of aromatic hydroxyl groups is 1. The van der Waals surface area contributed by atoms with E-state index in [1.807, 2.05) is 25.1 Å². The molecule has 152 valence electrons. The van der Waals surface area contributed by atoms with E-state index in [0.29, 0.717) is 29.4 Å². The molecule has 2 N–H and O–H groups in total. The molecule has 0 aliphatic carbocycles. The van der Waals surface area contributed by atoms with Gasteiger partial charge in [-0.2, -0.15) is 4.57 Å². The molecule has 0 bridgehead atoms. The second-order valence-corrected chi connectivity index (χ2v) is 6.86. The molecule has 1 aliphatic rings. The minimum Gasteiger partial charge on any atom is -0.506 e. The van der Waals surface area contributed by atoms with E-state index in [0.717, 1.165) is 0 Å². The van der Waals surface area contributed by atoms with Gasteiger partial charge in [-0.25, -0.2) is 0 Å². The molecule has 7 heteroatoms. The van der Waals surface area contributed by atoms with Crippen molar-refractivity contribution < 1.29 is 24.0 Å². The van der Waals surface area contributed by atoms with Crippen LogP contribution >= 0.6 is 0 Å². The average molecular weight is 404 g/mol. The molecule has 0 radical (unpaired) electrons. The molecule has 3 aromatic rings. The summed E-state index contributed by atoms with van der Waals surface area (Å²) in [4.78, 5) is 27.7. The van der Waals surface area contributed by atoms with E-state index < -0.39 is 6.04 Å². The number of benzene rings is 2. The first-order valence-electron chi connectivity index (χ1n) is 9.70. The maximum atomic E-state index is 13.4. The van der Waals surface area contributed by atoms with E-state index in [1.54, 1.807) is 53.2 Å². The van der Waals surface area contributed by atoms with Gasteiger partial charge in [0.1, 0.15) is 11.5 Å². The molecule has 0 saturated heterocycles. The highest BCUT2D eigenvalue weighted by Gasteiger charge is 2.44. The molecular weight excluding hydrogens is 382 g/mol. The topological polar surface area (TPSA) is 82.8 Å². The summed E-state index contributed by atoms with van der Waals surface area (Å²) in [5.74, 6) is -0.0170. The largest absolute Gasteiger partial charge is 0.506 e. The molecule has 0 fully saturated rings. The molecule has 1 atom stereocenters. The van der Waals surface area contributed by atoms with Gasteiger partial charge in [0.25, 0.3) is 11.8 Å². The molecule has 4 rings (SSSR count). The first kappa shape index (κ1) is 19.4. The Bertz CT molecular complexity index is 1080. The second-order valence-electron chi connectivity index (χ2n) is 6.86. The van der Waals surface area contributed by atoms with Gasteiger partial charge in [0.15, 0.2) is 6.20 Å². The first-order chi connectivity index (χ1) is 14.6. The number of fused-ring (bicyclic) bond motifs is 1. The number of anilines is 2. The van der Waals surface area contributed by atoms with Crippen molar-refractivity contribution >= 4 is 23.2 Å². The summed E-state index contributed by atoms with van der Waals surface area (Å²) in [5.41, 5.74) is 1.54. The zero-order chi connectivity index (χ0) is 21.1. The smallest absolute Gasteiger partial charge is 0.294 e. The molecule has 0 saturated carbocycles. The van der Waals surface area contributed by atoms with Crippen LogP contribution in [0.5, 0.6) is 11.5 Å². The van der Waals surface area contributed by atoms with E-state index in [1.165, 1.54) is 11.0 Å². The molecule has 0 spiro atoms. The third-order valence-corrected chi connectivity index (χ3v) is 4.91. The zero-order valence-electron chi connectivity index (χ0n) is 16.5. The van der Waals surface area contributed by atoms with E-state index in [2.05, 4.69) is 5.32 Å². The fourth-order valence-electron chi connectivity index (χ4n) is 3.58. The van der Waals surface area contributed by atoms with Crippen LogP contribution in [-0.4, -0.2) is 23.5 Å². The van der Waals surface area contributed by atoms with Crippen molar-refractivity contribution in [3.63, 3.8) is 0 Å². The molecule has 1 aromatic heterocycles. The van der Waals surface area contributed by atoms with Gasteiger partial charge in [-0.3, -0.25) is 14.5 Å². The number of nitrogens with one attached hydrogen (secondary N) is 1. The third kappa shape index (κ3) is 3.69. The van der Waals surface area contributed by atoms with E-state index >= 15 is 0 Å². The lowest BCUT2D eigenvalue weighted by molar-refractivity contribution is -0.695. The Morgan fingerprint density at radius 3 is 2.60 bits per heavy atom. The van der Waals surface area contributed by atoms with Crippen molar-refractivity contribution in [2.45, 2.75) is 19.5 Å². The molecule has 2 aromatic carbocycles. The summed E-state index contributed by atoms with van der Waals surface area (Å²) >= 11 is 0. The highest BCUT2D eigenvalue weighted by Crippen LogP contribution is 2.35. The molecule has 30 heavy (non-hydrogen) atoms. The number of phenols is 1. The van der Waals surface area contributed by atoms with Gasteiger partial charge in [0.2, 0.25) is 18.3 Å². The van der Waals surface area contributed by atoms with Crippen LogP contribution in [0.2, 0.25) is 0 Å². The third-order valence-electron chi connectivity index (χ3n) is 4.91. The van der Waals surface area contributed by atoms with Crippen LogP contribution in [0.3, 0.4) is 0 Å². The minimum atomic E-state index is -0.938. The van der Waals surface area contributed by atoms with Crippen LogP contribution in [0.4, 0.5) is 11.4 Å². The van der Waals surface area contributed by atoms with Gasteiger partial charge in [0, 0.05) is 17.8 Å². The lowest BCUT2D eigenvalue weighted by atomic mass is 10.0. The Balaban J connectivity index is 1.71. The number of pyridine rings is 1. The molecule has 2 amide bonds. The first-order valence-corrected chi connectivity index (χ1v) is 9.70. The normalized spacial score (nSPS) is 15.4. The predicted molar refractivity (Wildman–Crippen MR) is 111 cm³/mol. The number of ether oxygens (including phenoxy) is 1. The van der Waals surface area contributed by atoms with Crippen LogP contribution in [0.15, 0.2) is 72.9 Å². The van der Waals surface area contributed by atoms with E-state index in [-0.39, 0.29) is 24.1 Å². The summed E-state index contributed by atoms with van der Waals surface area (Å²) < 4.78 is 7.19. The number of hydrogen-bond acceptors (Lipinski definition) is 4. The highest BCUT2D eigenvalue weighted by molar-refractivity contribution is 6.06.